The molecule has 0 N–H and O–H groups in total. The van der Waals surface area contributed by atoms with Crippen LogP contribution in [0.5, 0.6) is 11.5 Å². The van der Waals surface area contributed by atoms with Crippen molar-refractivity contribution in [2.75, 3.05) is 20.7 Å². The molecule has 0 fully saturated rings. The third-order valence-electron chi connectivity index (χ3n) is 4.65. The van der Waals surface area contributed by atoms with Crippen LogP contribution in [0.2, 0.25) is 5.02 Å². The van der Waals surface area contributed by atoms with Gasteiger partial charge in [0.25, 0.3) is 5.91 Å². The van der Waals surface area contributed by atoms with Gasteiger partial charge in [-0.15, -0.1) is 0 Å². The highest BCUT2D eigenvalue weighted by atomic mass is 35.5. The van der Waals surface area contributed by atoms with Crippen molar-refractivity contribution in [3.8, 4) is 17.6 Å². The highest BCUT2D eigenvalue weighted by Gasteiger charge is 2.16. The lowest BCUT2D eigenvalue weighted by Crippen LogP contribution is -2.22. The van der Waals surface area contributed by atoms with Crippen molar-refractivity contribution in [2.45, 2.75) is 13.5 Å². The molecule has 0 unspecified atom stereocenters. The second-order valence-electron chi connectivity index (χ2n) is 7.06. The number of benzene rings is 3. The lowest BCUT2D eigenvalue weighted by molar-refractivity contribution is -0.124. The zero-order chi connectivity index (χ0) is 22.4. The first kappa shape index (κ1) is 22.2. The Morgan fingerprint density at radius 1 is 1.13 bits per heavy atom. The second-order valence-corrected chi connectivity index (χ2v) is 7.47. The van der Waals surface area contributed by atoms with Crippen molar-refractivity contribution >= 4 is 34.4 Å². The molecule has 5 nitrogen and oxygen atoms in total. The summed E-state index contributed by atoms with van der Waals surface area (Å²) in [4.78, 5) is 13.5. The van der Waals surface area contributed by atoms with Crippen molar-refractivity contribution in [1.29, 1.82) is 5.26 Å². The van der Waals surface area contributed by atoms with E-state index >= 15 is 0 Å². The molecule has 0 saturated heterocycles. The first-order valence-electron chi connectivity index (χ1n) is 9.83. The summed E-state index contributed by atoms with van der Waals surface area (Å²) < 4.78 is 11.8. The van der Waals surface area contributed by atoms with Crippen molar-refractivity contribution in [1.82, 2.24) is 4.90 Å². The van der Waals surface area contributed by atoms with Crippen LogP contribution >= 0.6 is 11.6 Å². The number of likely N-dealkylation sites (N-methyl/N-ethyl adjacent to an activating group) is 1. The molecule has 6 heteroatoms. The highest BCUT2D eigenvalue weighted by Crippen LogP contribution is 2.38. The van der Waals surface area contributed by atoms with E-state index in [1.54, 1.807) is 26.2 Å². The average molecular weight is 435 g/mol. The van der Waals surface area contributed by atoms with Crippen LogP contribution in [0.15, 0.2) is 60.2 Å². The Balaban J connectivity index is 1.94. The van der Waals surface area contributed by atoms with E-state index in [9.17, 15) is 10.1 Å². The molecular formula is C25H23ClN2O3. The Bertz CT molecular complexity index is 1170. The van der Waals surface area contributed by atoms with Gasteiger partial charge in [-0.2, -0.15) is 5.26 Å². The monoisotopic (exact) mass is 434 g/mol. The van der Waals surface area contributed by atoms with Crippen molar-refractivity contribution in [3.63, 3.8) is 0 Å². The van der Waals surface area contributed by atoms with E-state index < -0.39 is 0 Å². The third kappa shape index (κ3) is 5.17. The molecule has 0 spiro atoms. The molecule has 3 aromatic carbocycles. The minimum Gasteiger partial charge on any atom is -0.490 e. The average Bonchev–Trinajstić information content (AvgIpc) is 2.76. The van der Waals surface area contributed by atoms with E-state index in [1.807, 2.05) is 37.3 Å². The Kier molecular flexibility index (Phi) is 7.17. The number of carbonyl (C=O) groups is 1. The molecule has 1 amide bonds. The maximum absolute atomic E-state index is 12.2. The molecule has 158 valence electrons. The normalized spacial score (nSPS) is 11.1. The number of nitrogens with zero attached hydrogens (tertiary/aromatic N) is 2. The minimum atomic E-state index is -0.382. The van der Waals surface area contributed by atoms with Gasteiger partial charge >= 0.3 is 0 Å². The molecule has 0 aliphatic heterocycles. The van der Waals surface area contributed by atoms with Crippen LogP contribution in [-0.4, -0.2) is 31.5 Å². The molecule has 0 atom stereocenters. The summed E-state index contributed by atoms with van der Waals surface area (Å²) in [6, 6.07) is 19.5. The molecule has 0 saturated carbocycles. The number of hydrogen-bond donors (Lipinski definition) is 0. The first-order valence-corrected chi connectivity index (χ1v) is 10.2. The zero-order valence-corrected chi connectivity index (χ0v) is 18.4. The van der Waals surface area contributed by atoms with Gasteiger partial charge in [-0.05, 0) is 47.0 Å². The lowest BCUT2D eigenvalue weighted by atomic mass is 10.1. The summed E-state index contributed by atoms with van der Waals surface area (Å²) in [5.74, 6) is 0.495. The number of amides is 1. The molecule has 0 heterocycles. The summed E-state index contributed by atoms with van der Waals surface area (Å²) in [6.07, 6.45) is 1.49. The fourth-order valence-corrected chi connectivity index (χ4v) is 3.47. The smallest absolute Gasteiger partial charge is 0.264 e. The van der Waals surface area contributed by atoms with Gasteiger partial charge in [-0.25, -0.2) is 0 Å². The Hall–Kier alpha value is -3.49. The fourth-order valence-electron chi connectivity index (χ4n) is 3.19. The summed E-state index contributed by atoms with van der Waals surface area (Å²) in [6.45, 7) is 2.59. The van der Waals surface area contributed by atoms with Gasteiger partial charge in [-0.3, -0.25) is 4.79 Å². The van der Waals surface area contributed by atoms with E-state index in [-0.39, 0.29) is 11.5 Å². The molecule has 0 radical (unpaired) electrons. The van der Waals surface area contributed by atoms with E-state index in [0.717, 1.165) is 16.3 Å². The SMILES string of the molecule is CCOc1cc(/C=C(/C#N)C(=O)N(C)C)cc(Cl)c1OCc1cccc2ccccc12. The van der Waals surface area contributed by atoms with Crippen LogP contribution in [0.25, 0.3) is 16.8 Å². The number of nitriles is 1. The molecule has 0 aromatic heterocycles. The van der Waals surface area contributed by atoms with Crippen LogP contribution in [0.4, 0.5) is 0 Å². The molecule has 31 heavy (non-hydrogen) atoms. The maximum Gasteiger partial charge on any atom is 0.264 e. The Labute approximate surface area is 187 Å². The minimum absolute atomic E-state index is 0.00735. The van der Waals surface area contributed by atoms with Crippen LogP contribution in [0.1, 0.15) is 18.1 Å². The zero-order valence-electron chi connectivity index (χ0n) is 17.7. The first-order chi connectivity index (χ1) is 14.9. The molecule has 3 aromatic rings. The predicted octanol–water partition coefficient (Wildman–Crippen LogP) is 5.47. The summed E-state index contributed by atoms with van der Waals surface area (Å²) in [5, 5.41) is 11.9. The number of halogens is 1. The standard InChI is InChI=1S/C25H23ClN2O3/c1-4-30-23-14-17(12-20(15-27)25(29)28(2)3)13-22(26)24(23)31-16-19-10-7-9-18-8-5-6-11-21(18)19/h5-14H,4,16H2,1-3H3/b20-12-. The molecule has 0 aliphatic carbocycles. The van der Waals surface area contributed by atoms with Crippen molar-refractivity contribution in [2.24, 2.45) is 0 Å². The van der Waals surface area contributed by atoms with Crippen LogP contribution in [-0.2, 0) is 11.4 Å². The topological polar surface area (TPSA) is 62.6 Å². The van der Waals surface area contributed by atoms with Crippen LogP contribution < -0.4 is 9.47 Å². The predicted molar refractivity (Wildman–Crippen MR) is 123 cm³/mol. The van der Waals surface area contributed by atoms with Gasteiger partial charge < -0.3 is 14.4 Å². The van der Waals surface area contributed by atoms with E-state index in [0.29, 0.717) is 35.3 Å². The quantitative estimate of drug-likeness (QED) is 0.365. The molecule has 3 rings (SSSR count). The van der Waals surface area contributed by atoms with Gasteiger partial charge in [0.2, 0.25) is 0 Å². The maximum atomic E-state index is 12.2. The summed E-state index contributed by atoms with van der Waals surface area (Å²) >= 11 is 6.51. The number of hydrogen-bond acceptors (Lipinski definition) is 4. The highest BCUT2D eigenvalue weighted by molar-refractivity contribution is 6.32. The summed E-state index contributed by atoms with van der Waals surface area (Å²) in [7, 11) is 3.19. The Morgan fingerprint density at radius 2 is 1.87 bits per heavy atom. The third-order valence-corrected chi connectivity index (χ3v) is 4.93. The van der Waals surface area contributed by atoms with Crippen LogP contribution in [0.3, 0.4) is 0 Å². The second kappa shape index (κ2) is 10.0. The summed E-state index contributed by atoms with van der Waals surface area (Å²) in [5.41, 5.74) is 1.62. The van der Waals surface area contributed by atoms with Crippen molar-refractivity contribution < 1.29 is 14.3 Å². The largest absolute Gasteiger partial charge is 0.490 e. The van der Waals surface area contributed by atoms with E-state index in [4.69, 9.17) is 21.1 Å². The van der Waals surface area contributed by atoms with Gasteiger partial charge in [0, 0.05) is 14.1 Å². The Morgan fingerprint density at radius 3 is 2.58 bits per heavy atom. The number of ether oxygens (including phenoxy) is 2. The number of fused-ring (bicyclic) bond motifs is 1. The van der Waals surface area contributed by atoms with Gasteiger partial charge in [0.15, 0.2) is 11.5 Å². The van der Waals surface area contributed by atoms with Crippen molar-refractivity contribution in [3.05, 3.63) is 76.3 Å². The van der Waals surface area contributed by atoms with E-state index in [2.05, 4.69) is 18.2 Å². The van der Waals surface area contributed by atoms with Gasteiger partial charge in [0.1, 0.15) is 18.2 Å². The molecular weight excluding hydrogens is 412 g/mol. The van der Waals surface area contributed by atoms with E-state index in [1.165, 1.54) is 11.0 Å². The van der Waals surface area contributed by atoms with Gasteiger partial charge in [-0.1, -0.05) is 54.1 Å². The lowest BCUT2D eigenvalue weighted by Gasteiger charge is -2.16. The molecule has 0 bridgehead atoms. The number of carbonyl (C=O) groups excluding carboxylic acids is 1. The fraction of sp³-hybridized carbons (Fsp3) is 0.200. The van der Waals surface area contributed by atoms with Gasteiger partial charge in [0.05, 0.1) is 11.6 Å². The van der Waals surface area contributed by atoms with Crippen LogP contribution in [0, 0.1) is 11.3 Å². The number of rotatable bonds is 7. The molecule has 0 aliphatic rings.